The Bertz CT molecular complexity index is 1410. The number of aromatic nitrogens is 3. The van der Waals surface area contributed by atoms with Gasteiger partial charge in [0.25, 0.3) is 5.91 Å². The number of nitriles is 1. The average Bonchev–Trinajstić information content (AvgIpc) is 2.86. The molecular weight excluding hydrogens is 498 g/mol. The standard InChI is InChI=1S/C28H27F4N5O/c1-6-20(26-34-10-9-17(4)36-26)25(22(13-33)21-12-23(29)16(3)11-15(21)2)24-8-7-19(14-35-24)27(38)37-18(5)28(30,31)32/h7-12,14,18,20H,6H2,1-5H3,(H,37,38). The Morgan fingerprint density at radius 1 is 1.11 bits per heavy atom. The number of allylic oxidation sites excluding steroid dienone is 2. The Balaban J connectivity index is 2.21. The minimum Gasteiger partial charge on any atom is -0.340 e. The number of carbonyl (C=O) groups is 1. The van der Waals surface area contributed by atoms with Crippen molar-refractivity contribution >= 4 is 17.1 Å². The van der Waals surface area contributed by atoms with E-state index >= 15 is 0 Å². The number of nitrogens with zero attached hydrogens (tertiary/aromatic N) is 4. The molecule has 0 saturated heterocycles. The molecule has 0 spiro atoms. The lowest BCUT2D eigenvalue weighted by Crippen LogP contribution is -2.43. The van der Waals surface area contributed by atoms with E-state index in [9.17, 15) is 27.6 Å². The van der Waals surface area contributed by atoms with Gasteiger partial charge in [0.15, 0.2) is 0 Å². The molecule has 1 N–H and O–H groups in total. The second-order valence-corrected chi connectivity index (χ2v) is 9.00. The van der Waals surface area contributed by atoms with Crippen LogP contribution in [0.3, 0.4) is 0 Å². The zero-order valence-electron chi connectivity index (χ0n) is 21.6. The number of amides is 1. The second-order valence-electron chi connectivity index (χ2n) is 9.00. The lowest BCUT2D eigenvalue weighted by Gasteiger charge is -2.21. The first-order chi connectivity index (χ1) is 17.9. The van der Waals surface area contributed by atoms with E-state index in [1.807, 2.05) is 12.2 Å². The maximum atomic E-state index is 14.6. The number of carbonyl (C=O) groups excluding carboxylic acids is 1. The molecule has 2 unspecified atom stereocenters. The minimum absolute atomic E-state index is 0.0832. The van der Waals surface area contributed by atoms with Crippen LogP contribution >= 0.6 is 0 Å². The van der Waals surface area contributed by atoms with Crippen molar-refractivity contribution in [2.75, 3.05) is 0 Å². The third-order valence-corrected chi connectivity index (χ3v) is 6.18. The average molecular weight is 526 g/mol. The van der Waals surface area contributed by atoms with E-state index in [4.69, 9.17) is 0 Å². The van der Waals surface area contributed by atoms with E-state index < -0.39 is 29.9 Å². The number of halogens is 4. The smallest absolute Gasteiger partial charge is 0.340 e. The molecule has 0 aliphatic carbocycles. The summed E-state index contributed by atoms with van der Waals surface area (Å²) < 4.78 is 53.3. The molecule has 1 amide bonds. The molecule has 6 nitrogen and oxygen atoms in total. The fourth-order valence-corrected chi connectivity index (χ4v) is 4.04. The molecule has 38 heavy (non-hydrogen) atoms. The normalized spacial score (nSPS) is 13.8. The maximum absolute atomic E-state index is 14.6. The van der Waals surface area contributed by atoms with Gasteiger partial charge >= 0.3 is 6.18 Å². The van der Waals surface area contributed by atoms with Crippen LogP contribution in [0.4, 0.5) is 17.6 Å². The molecule has 0 bridgehead atoms. The predicted octanol–water partition coefficient (Wildman–Crippen LogP) is 6.24. The first-order valence-corrected chi connectivity index (χ1v) is 11.9. The van der Waals surface area contributed by atoms with Gasteiger partial charge in [0, 0.05) is 29.6 Å². The largest absolute Gasteiger partial charge is 0.408 e. The van der Waals surface area contributed by atoms with Crippen molar-refractivity contribution in [3.8, 4) is 6.07 Å². The zero-order chi connectivity index (χ0) is 28.2. The number of aryl methyl sites for hydroxylation is 3. The third kappa shape index (κ3) is 6.22. The Hall–Kier alpha value is -4.13. The van der Waals surface area contributed by atoms with Crippen molar-refractivity contribution in [3.63, 3.8) is 0 Å². The van der Waals surface area contributed by atoms with Gasteiger partial charge in [-0.25, -0.2) is 14.4 Å². The molecule has 0 radical (unpaired) electrons. The van der Waals surface area contributed by atoms with Gasteiger partial charge in [0.1, 0.15) is 23.8 Å². The van der Waals surface area contributed by atoms with E-state index in [1.165, 1.54) is 18.2 Å². The third-order valence-electron chi connectivity index (χ3n) is 6.18. The van der Waals surface area contributed by atoms with Crippen LogP contribution in [0.2, 0.25) is 0 Å². The number of hydrogen-bond acceptors (Lipinski definition) is 5. The van der Waals surface area contributed by atoms with E-state index in [-0.39, 0.29) is 11.1 Å². The summed E-state index contributed by atoms with van der Waals surface area (Å²) in [5.41, 5.74) is 2.98. The topological polar surface area (TPSA) is 91.6 Å². The Kier molecular flexibility index (Phi) is 8.61. The lowest BCUT2D eigenvalue weighted by atomic mass is 9.84. The van der Waals surface area contributed by atoms with Crippen LogP contribution in [-0.2, 0) is 0 Å². The second kappa shape index (κ2) is 11.5. The summed E-state index contributed by atoms with van der Waals surface area (Å²) in [5.74, 6) is -1.50. The van der Waals surface area contributed by atoms with Crippen molar-refractivity contribution in [2.24, 2.45) is 0 Å². The quantitative estimate of drug-likeness (QED) is 0.291. The summed E-state index contributed by atoms with van der Waals surface area (Å²) in [5, 5.41) is 12.2. The predicted molar refractivity (Wildman–Crippen MR) is 135 cm³/mol. The zero-order valence-corrected chi connectivity index (χ0v) is 21.6. The molecule has 3 aromatic rings. The van der Waals surface area contributed by atoms with Gasteiger partial charge in [-0.3, -0.25) is 9.78 Å². The highest BCUT2D eigenvalue weighted by Crippen LogP contribution is 2.39. The maximum Gasteiger partial charge on any atom is 0.408 e. The summed E-state index contributed by atoms with van der Waals surface area (Å²) in [4.78, 5) is 25.7. The van der Waals surface area contributed by atoms with Gasteiger partial charge in [0.05, 0.1) is 16.8 Å². The van der Waals surface area contributed by atoms with Crippen molar-refractivity contribution < 1.29 is 22.4 Å². The van der Waals surface area contributed by atoms with Crippen LogP contribution < -0.4 is 5.32 Å². The summed E-state index contributed by atoms with van der Waals surface area (Å²) >= 11 is 0. The van der Waals surface area contributed by atoms with Crippen LogP contribution in [0.15, 0.2) is 42.7 Å². The molecule has 0 saturated carbocycles. The van der Waals surface area contributed by atoms with Gasteiger partial charge in [-0.1, -0.05) is 13.0 Å². The molecule has 198 valence electrons. The van der Waals surface area contributed by atoms with Crippen molar-refractivity contribution in [2.45, 2.75) is 59.2 Å². The lowest BCUT2D eigenvalue weighted by molar-refractivity contribution is -0.149. The summed E-state index contributed by atoms with van der Waals surface area (Å²) in [6.07, 6.45) is -1.38. The molecule has 2 atom stereocenters. The van der Waals surface area contributed by atoms with Crippen LogP contribution in [0.5, 0.6) is 0 Å². The van der Waals surface area contributed by atoms with Gasteiger partial charge in [0.2, 0.25) is 0 Å². The summed E-state index contributed by atoms with van der Waals surface area (Å²) in [6, 6.07) is 7.62. The fraction of sp³-hybridized carbons (Fsp3) is 0.321. The molecule has 0 fully saturated rings. The summed E-state index contributed by atoms with van der Waals surface area (Å²) in [7, 11) is 0. The highest BCUT2D eigenvalue weighted by molar-refractivity contribution is 6.00. The first kappa shape index (κ1) is 28.4. The van der Waals surface area contributed by atoms with Gasteiger partial charge in [-0.15, -0.1) is 0 Å². The number of hydrogen-bond donors (Lipinski definition) is 1. The first-order valence-electron chi connectivity index (χ1n) is 11.9. The highest BCUT2D eigenvalue weighted by atomic mass is 19.4. The van der Waals surface area contributed by atoms with E-state index in [0.29, 0.717) is 45.9 Å². The summed E-state index contributed by atoms with van der Waals surface area (Å²) in [6.45, 7) is 7.93. The number of rotatable bonds is 7. The molecule has 10 heteroatoms. The van der Waals surface area contributed by atoms with Crippen molar-refractivity contribution in [1.29, 1.82) is 5.26 Å². The number of pyridine rings is 1. The molecule has 1 aromatic carbocycles. The van der Waals surface area contributed by atoms with Gasteiger partial charge in [-0.05, 0) is 75.1 Å². The molecule has 3 rings (SSSR count). The van der Waals surface area contributed by atoms with Crippen LogP contribution in [-0.4, -0.2) is 33.1 Å². The molecule has 2 heterocycles. The van der Waals surface area contributed by atoms with Crippen molar-refractivity contribution in [1.82, 2.24) is 20.3 Å². The Morgan fingerprint density at radius 2 is 1.82 bits per heavy atom. The highest BCUT2D eigenvalue weighted by Gasteiger charge is 2.37. The van der Waals surface area contributed by atoms with E-state index in [1.54, 1.807) is 39.1 Å². The van der Waals surface area contributed by atoms with Crippen LogP contribution in [0.1, 0.15) is 70.4 Å². The van der Waals surface area contributed by atoms with Crippen LogP contribution in [0, 0.1) is 37.9 Å². The Morgan fingerprint density at radius 3 is 2.37 bits per heavy atom. The number of nitrogens with one attached hydrogen (secondary N) is 1. The monoisotopic (exact) mass is 525 g/mol. The number of alkyl halides is 3. The van der Waals surface area contributed by atoms with E-state index in [2.05, 4.69) is 21.0 Å². The molecule has 0 aliphatic heterocycles. The Labute approximate surface area is 218 Å². The van der Waals surface area contributed by atoms with Gasteiger partial charge < -0.3 is 5.32 Å². The number of benzene rings is 1. The van der Waals surface area contributed by atoms with Crippen molar-refractivity contribution in [3.05, 3.63) is 88.0 Å². The molecular formula is C28H27F4N5O. The van der Waals surface area contributed by atoms with E-state index in [0.717, 1.165) is 13.1 Å². The fourth-order valence-electron chi connectivity index (χ4n) is 4.04. The minimum atomic E-state index is -4.59. The molecule has 0 aliphatic rings. The SMILES string of the molecule is CCC(C(=C(C#N)c1cc(F)c(C)cc1C)c1ccc(C(=O)NC(C)C(F)(F)F)cn1)c1nccc(C)n1. The van der Waals surface area contributed by atoms with Gasteiger partial charge in [-0.2, -0.15) is 18.4 Å². The molecule has 2 aromatic heterocycles. The van der Waals surface area contributed by atoms with Crippen LogP contribution in [0.25, 0.3) is 11.1 Å².